The molecule has 0 bridgehead atoms. The molecule has 0 aliphatic rings. The first-order valence-electron chi connectivity index (χ1n) is 2.46. The quantitative estimate of drug-likeness (QED) is 0.482. The molecule has 1 aromatic heterocycles. The predicted octanol–water partition coefficient (Wildman–Crippen LogP) is 0.897. The number of rotatable bonds is 1. The number of methoxy groups -OCH3 is 1. The summed E-state index contributed by atoms with van der Waals surface area (Å²) in [5.41, 5.74) is 0. The second kappa shape index (κ2) is 4.87. The number of hydrogen-bond donors (Lipinski definition) is 0. The van der Waals surface area contributed by atoms with Crippen molar-refractivity contribution in [3.05, 3.63) is 17.3 Å². The van der Waals surface area contributed by atoms with Gasteiger partial charge in [0.25, 0.3) is 5.88 Å². The van der Waals surface area contributed by atoms with E-state index in [1.165, 1.54) is 7.11 Å². The second-order valence-corrected chi connectivity index (χ2v) is 1.83. The predicted molar refractivity (Wildman–Crippen MR) is 39.3 cm³/mol. The van der Waals surface area contributed by atoms with Crippen LogP contribution >= 0.6 is 11.6 Å². The number of nitrogens with zero attached hydrogens (tertiary/aromatic N) is 2. The summed E-state index contributed by atoms with van der Waals surface area (Å²) in [6.07, 6.45) is 0.953. The van der Waals surface area contributed by atoms with Crippen LogP contribution < -0.4 is 4.74 Å². The van der Waals surface area contributed by atoms with Gasteiger partial charge >= 0.3 is 0 Å². The van der Waals surface area contributed by atoms with Crippen molar-refractivity contribution in [2.45, 2.75) is 0 Å². The zero-order valence-corrected chi connectivity index (χ0v) is 8.89. The average molecular weight is 186 g/mol. The Labute approximate surface area is 90.2 Å². The summed E-state index contributed by atoms with van der Waals surface area (Å²) in [5, 5.41) is -0.0294. The molecule has 0 fully saturated rings. The van der Waals surface area contributed by atoms with Crippen molar-refractivity contribution in [1.29, 1.82) is 0 Å². The van der Waals surface area contributed by atoms with Crippen molar-refractivity contribution in [3.63, 3.8) is 0 Å². The maximum Gasteiger partial charge on any atom is 0.254 e. The fraction of sp³-hybridized carbons (Fsp3) is 0.200. The Morgan fingerprint density at radius 3 is 2.73 bits per heavy atom. The van der Waals surface area contributed by atoms with Crippen LogP contribution in [0.2, 0.25) is 5.28 Å². The van der Waals surface area contributed by atoms with Gasteiger partial charge in [-0.2, -0.15) is 9.37 Å². The molecule has 3 nitrogen and oxygen atoms in total. The smallest absolute Gasteiger partial charge is 0.254 e. The zero-order valence-electron chi connectivity index (χ0n) is 6.14. The standard InChI is InChI=1S/C5H4ClFN2O.Na/c1-10-4-3(7)2-8-5(6)9-4;/h2H,1H3;. The third kappa shape index (κ3) is 2.91. The molecule has 1 rings (SSSR count). The van der Waals surface area contributed by atoms with E-state index in [1.54, 1.807) is 0 Å². The molecule has 6 heteroatoms. The molecule has 0 saturated carbocycles. The van der Waals surface area contributed by atoms with Gasteiger partial charge in [-0.15, -0.1) is 0 Å². The second-order valence-electron chi connectivity index (χ2n) is 1.50. The van der Waals surface area contributed by atoms with E-state index in [0.29, 0.717) is 0 Å². The van der Waals surface area contributed by atoms with E-state index < -0.39 is 5.82 Å². The molecule has 0 N–H and O–H groups in total. The van der Waals surface area contributed by atoms with Crippen LogP contribution in [0.15, 0.2) is 6.20 Å². The normalized spacial score (nSPS) is 8.64. The molecule has 0 aliphatic heterocycles. The molecular weight excluding hydrogens is 182 g/mol. The molecule has 0 saturated heterocycles. The van der Waals surface area contributed by atoms with E-state index in [0.717, 1.165) is 6.20 Å². The van der Waals surface area contributed by atoms with Crippen molar-refractivity contribution in [1.82, 2.24) is 9.97 Å². The minimum absolute atomic E-state index is 0. The van der Waals surface area contributed by atoms with Crippen molar-refractivity contribution in [2.75, 3.05) is 7.11 Å². The van der Waals surface area contributed by atoms with Gasteiger partial charge < -0.3 is 4.74 Å². The Morgan fingerprint density at radius 2 is 2.27 bits per heavy atom. The molecule has 55 valence electrons. The van der Waals surface area contributed by atoms with Crippen LogP contribution in [-0.2, 0) is 0 Å². The molecule has 0 amide bonds. The Balaban J connectivity index is 0.000001000. The van der Waals surface area contributed by atoms with Gasteiger partial charge in [-0.05, 0) is 11.6 Å². The van der Waals surface area contributed by atoms with Gasteiger partial charge in [0, 0.05) is 29.6 Å². The van der Waals surface area contributed by atoms with E-state index >= 15 is 0 Å². The molecule has 0 aliphatic carbocycles. The van der Waals surface area contributed by atoms with Gasteiger partial charge in [-0.3, -0.25) is 0 Å². The van der Waals surface area contributed by atoms with Gasteiger partial charge in [0.15, 0.2) is 0 Å². The van der Waals surface area contributed by atoms with Gasteiger partial charge in [0.2, 0.25) is 11.1 Å². The molecule has 1 aromatic rings. The van der Waals surface area contributed by atoms with Crippen LogP contribution in [0.3, 0.4) is 0 Å². The first-order chi connectivity index (χ1) is 4.74. The maximum absolute atomic E-state index is 12.5. The van der Waals surface area contributed by atoms with Crippen molar-refractivity contribution < 1.29 is 9.13 Å². The first-order valence-corrected chi connectivity index (χ1v) is 2.84. The molecule has 1 heterocycles. The summed E-state index contributed by atoms with van der Waals surface area (Å²) < 4.78 is 17.0. The summed E-state index contributed by atoms with van der Waals surface area (Å²) in [5.74, 6) is -0.757. The monoisotopic (exact) mass is 185 g/mol. The third-order valence-corrected chi connectivity index (χ3v) is 1.06. The van der Waals surface area contributed by atoms with Crippen LogP contribution in [0.5, 0.6) is 5.88 Å². The Bertz CT molecular complexity index is 248. The summed E-state index contributed by atoms with van der Waals surface area (Å²) in [6, 6.07) is 0. The average Bonchev–Trinajstić information content (AvgIpc) is 1.94. The molecule has 0 atom stereocenters. The van der Waals surface area contributed by atoms with Gasteiger partial charge in [0.05, 0.1) is 13.3 Å². The van der Waals surface area contributed by atoms with E-state index in [4.69, 9.17) is 11.6 Å². The Hall–Kier alpha value is 0.1000. The van der Waals surface area contributed by atoms with Crippen LogP contribution in [0.25, 0.3) is 0 Å². The van der Waals surface area contributed by atoms with E-state index in [9.17, 15) is 4.39 Å². The van der Waals surface area contributed by atoms with Crippen molar-refractivity contribution >= 4 is 41.2 Å². The maximum atomic E-state index is 12.5. The summed E-state index contributed by atoms with van der Waals surface area (Å²) in [7, 11) is 1.31. The molecule has 0 aromatic carbocycles. The largest absolute Gasteiger partial charge is 0.479 e. The van der Waals surface area contributed by atoms with Crippen LogP contribution in [0.1, 0.15) is 0 Å². The minimum atomic E-state index is -0.619. The third-order valence-electron chi connectivity index (χ3n) is 0.876. The summed E-state index contributed by atoms with van der Waals surface area (Å²) in [4.78, 5) is 6.83. The fourth-order valence-electron chi connectivity index (χ4n) is 0.474. The van der Waals surface area contributed by atoms with Gasteiger partial charge in [-0.25, -0.2) is 4.98 Å². The van der Waals surface area contributed by atoms with Gasteiger partial charge in [-0.1, -0.05) is 0 Å². The van der Waals surface area contributed by atoms with Gasteiger partial charge in [0.1, 0.15) is 0 Å². The first kappa shape index (κ1) is 11.1. The van der Waals surface area contributed by atoms with Crippen molar-refractivity contribution in [2.24, 2.45) is 0 Å². The fourth-order valence-corrected chi connectivity index (χ4v) is 0.600. The Morgan fingerprint density at radius 1 is 1.64 bits per heavy atom. The molecule has 0 spiro atoms. The molecular formula is C5H4ClFN2NaO. The SMILES string of the molecule is COc1nc(Cl)ncc1F.[Na]. The number of hydrogen-bond acceptors (Lipinski definition) is 3. The topological polar surface area (TPSA) is 35.0 Å². The van der Waals surface area contributed by atoms with Crippen LogP contribution in [0, 0.1) is 5.82 Å². The van der Waals surface area contributed by atoms with E-state index in [1.807, 2.05) is 0 Å². The number of halogens is 2. The molecule has 11 heavy (non-hydrogen) atoms. The summed E-state index contributed by atoms with van der Waals surface area (Å²) in [6.45, 7) is 0. The van der Waals surface area contributed by atoms with Crippen LogP contribution in [-0.4, -0.2) is 46.6 Å². The van der Waals surface area contributed by atoms with E-state index in [-0.39, 0.29) is 40.7 Å². The number of aromatic nitrogens is 2. The molecule has 1 radical (unpaired) electrons. The summed E-state index contributed by atoms with van der Waals surface area (Å²) >= 11 is 5.33. The molecule has 0 unspecified atom stereocenters. The van der Waals surface area contributed by atoms with Crippen molar-refractivity contribution in [3.8, 4) is 5.88 Å². The minimum Gasteiger partial charge on any atom is -0.479 e. The Kier molecular flexibility index (Phi) is 4.92. The van der Waals surface area contributed by atoms with Crippen LogP contribution in [0.4, 0.5) is 4.39 Å². The zero-order chi connectivity index (χ0) is 7.56. The number of ether oxygens (including phenoxy) is 1. The van der Waals surface area contributed by atoms with E-state index in [2.05, 4.69) is 14.7 Å².